The van der Waals surface area contributed by atoms with Crippen molar-refractivity contribution in [1.29, 1.82) is 0 Å². The number of carbonyl (C=O) groups is 1. The molecule has 12 heavy (non-hydrogen) atoms. The van der Waals surface area contributed by atoms with E-state index in [1.165, 1.54) is 0 Å². The number of hydrogen-bond acceptors (Lipinski definition) is 2. The van der Waals surface area contributed by atoms with Crippen LogP contribution in [-0.4, -0.2) is 19.6 Å². The highest BCUT2D eigenvalue weighted by Gasteiger charge is 2.20. The Balaban J connectivity index is 2.48. The van der Waals surface area contributed by atoms with Crippen LogP contribution in [0.4, 0.5) is 5.69 Å². The van der Waals surface area contributed by atoms with Crippen LogP contribution >= 0.6 is 0 Å². The van der Waals surface area contributed by atoms with Gasteiger partial charge in [0.05, 0.1) is 5.69 Å². The molecule has 0 bridgehead atoms. The molecule has 0 unspecified atom stereocenters. The van der Waals surface area contributed by atoms with Crippen molar-refractivity contribution in [2.24, 2.45) is 0 Å². The zero-order valence-electron chi connectivity index (χ0n) is 6.70. The molecule has 0 saturated carbocycles. The van der Waals surface area contributed by atoms with Crippen molar-refractivity contribution in [2.45, 2.75) is 0 Å². The van der Waals surface area contributed by atoms with E-state index in [9.17, 15) is 4.79 Å². The SMILES string of the molecule is CN1C(=O)COc2[c]cccc21. The first-order valence-electron chi connectivity index (χ1n) is 3.69. The van der Waals surface area contributed by atoms with Gasteiger partial charge in [-0.3, -0.25) is 4.79 Å². The Hall–Kier alpha value is -1.51. The highest BCUT2D eigenvalue weighted by molar-refractivity contribution is 5.97. The van der Waals surface area contributed by atoms with Crippen LogP contribution in [-0.2, 0) is 4.79 Å². The van der Waals surface area contributed by atoms with Gasteiger partial charge in [0.25, 0.3) is 5.91 Å². The van der Waals surface area contributed by atoms with Gasteiger partial charge in [0.1, 0.15) is 0 Å². The predicted molar refractivity (Wildman–Crippen MR) is 44.2 cm³/mol. The lowest BCUT2D eigenvalue weighted by molar-refractivity contribution is -0.120. The molecule has 0 aromatic heterocycles. The third-order valence-electron chi connectivity index (χ3n) is 1.87. The average Bonchev–Trinajstić information content (AvgIpc) is 2.12. The number of anilines is 1. The zero-order valence-corrected chi connectivity index (χ0v) is 6.70. The number of carbonyl (C=O) groups excluding carboxylic acids is 1. The third-order valence-corrected chi connectivity index (χ3v) is 1.87. The predicted octanol–water partition coefficient (Wildman–Crippen LogP) is 0.842. The van der Waals surface area contributed by atoms with Crippen LogP contribution in [0.3, 0.4) is 0 Å². The molecular weight excluding hydrogens is 154 g/mol. The number of fused-ring (bicyclic) bond motifs is 1. The van der Waals surface area contributed by atoms with Gasteiger partial charge in [-0.25, -0.2) is 0 Å². The van der Waals surface area contributed by atoms with E-state index in [1.54, 1.807) is 18.0 Å². The van der Waals surface area contributed by atoms with E-state index in [0.29, 0.717) is 5.75 Å². The summed E-state index contributed by atoms with van der Waals surface area (Å²) >= 11 is 0. The first-order chi connectivity index (χ1) is 5.79. The monoisotopic (exact) mass is 162 g/mol. The van der Waals surface area contributed by atoms with Gasteiger partial charge < -0.3 is 9.64 Å². The summed E-state index contributed by atoms with van der Waals surface area (Å²) in [4.78, 5) is 12.7. The van der Waals surface area contributed by atoms with E-state index in [1.807, 2.05) is 12.1 Å². The first-order valence-corrected chi connectivity index (χ1v) is 3.69. The van der Waals surface area contributed by atoms with E-state index < -0.39 is 0 Å². The molecule has 1 aromatic carbocycles. The van der Waals surface area contributed by atoms with Crippen LogP contribution in [0.15, 0.2) is 18.2 Å². The van der Waals surface area contributed by atoms with Crippen molar-refractivity contribution >= 4 is 11.6 Å². The van der Waals surface area contributed by atoms with Crippen molar-refractivity contribution in [3.05, 3.63) is 24.3 Å². The number of hydrogen-bond donors (Lipinski definition) is 0. The third kappa shape index (κ3) is 0.942. The van der Waals surface area contributed by atoms with Crippen LogP contribution in [0, 0.1) is 6.07 Å². The quantitative estimate of drug-likeness (QED) is 0.565. The van der Waals surface area contributed by atoms with Crippen molar-refractivity contribution in [2.75, 3.05) is 18.6 Å². The maximum absolute atomic E-state index is 11.1. The van der Waals surface area contributed by atoms with Gasteiger partial charge in [-0.05, 0) is 6.07 Å². The largest absolute Gasteiger partial charge is 0.481 e. The summed E-state index contributed by atoms with van der Waals surface area (Å²) in [6.07, 6.45) is 0. The smallest absolute Gasteiger partial charge is 0.264 e. The first kappa shape index (κ1) is 7.16. The highest BCUT2D eigenvalue weighted by atomic mass is 16.5. The van der Waals surface area contributed by atoms with Crippen LogP contribution in [0.1, 0.15) is 0 Å². The molecule has 0 spiro atoms. The molecule has 1 aromatic rings. The molecule has 0 aliphatic carbocycles. The van der Waals surface area contributed by atoms with E-state index in [2.05, 4.69) is 6.07 Å². The molecule has 3 nitrogen and oxygen atoms in total. The standard InChI is InChI=1S/C9H8NO2/c1-10-7-4-2-3-5-8(7)12-6-9(10)11/h2-4H,6H2,1H3. The minimum atomic E-state index is -0.0258. The fraction of sp³-hybridized carbons (Fsp3) is 0.222. The Kier molecular flexibility index (Phi) is 1.50. The van der Waals surface area contributed by atoms with E-state index in [-0.39, 0.29) is 12.5 Å². The minimum absolute atomic E-state index is 0.0258. The fourth-order valence-corrected chi connectivity index (χ4v) is 1.16. The van der Waals surface area contributed by atoms with Gasteiger partial charge in [0.2, 0.25) is 0 Å². The second-order valence-electron chi connectivity index (χ2n) is 2.63. The molecule has 3 heteroatoms. The van der Waals surface area contributed by atoms with Gasteiger partial charge >= 0.3 is 0 Å². The molecule has 1 aliphatic heterocycles. The van der Waals surface area contributed by atoms with Crippen LogP contribution < -0.4 is 9.64 Å². The fourth-order valence-electron chi connectivity index (χ4n) is 1.16. The highest BCUT2D eigenvalue weighted by Crippen LogP contribution is 2.29. The lowest BCUT2D eigenvalue weighted by Crippen LogP contribution is -2.35. The molecule has 0 saturated heterocycles. The molecule has 61 valence electrons. The molecule has 0 N–H and O–H groups in total. The molecule has 2 rings (SSSR count). The molecule has 0 atom stereocenters. The van der Waals surface area contributed by atoms with Gasteiger partial charge in [0.15, 0.2) is 12.4 Å². The number of para-hydroxylation sites is 1. The van der Waals surface area contributed by atoms with Crippen molar-refractivity contribution in [3.8, 4) is 5.75 Å². The Labute approximate surface area is 70.6 Å². The Morgan fingerprint density at radius 2 is 2.50 bits per heavy atom. The van der Waals surface area contributed by atoms with Crippen LogP contribution in [0.2, 0.25) is 0 Å². The number of ether oxygens (including phenoxy) is 1. The Bertz CT molecular complexity index is 322. The van der Waals surface area contributed by atoms with Gasteiger partial charge in [-0.2, -0.15) is 0 Å². The Morgan fingerprint density at radius 3 is 3.33 bits per heavy atom. The van der Waals surface area contributed by atoms with E-state index in [0.717, 1.165) is 5.69 Å². The summed E-state index contributed by atoms with van der Waals surface area (Å²) in [5.41, 5.74) is 0.786. The summed E-state index contributed by atoms with van der Waals surface area (Å²) in [5, 5.41) is 0. The average molecular weight is 162 g/mol. The number of amides is 1. The zero-order chi connectivity index (χ0) is 8.55. The lowest BCUT2D eigenvalue weighted by Gasteiger charge is -2.25. The molecule has 1 amide bonds. The number of nitrogens with zero attached hydrogens (tertiary/aromatic N) is 1. The summed E-state index contributed by atoms with van der Waals surface area (Å²) in [6.45, 7) is 0.115. The second-order valence-corrected chi connectivity index (χ2v) is 2.63. The second kappa shape index (κ2) is 2.52. The van der Waals surface area contributed by atoms with Crippen molar-refractivity contribution in [1.82, 2.24) is 0 Å². The van der Waals surface area contributed by atoms with E-state index in [4.69, 9.17) is 4.74 Å². The number of likely N-dealkylation sites (N-methyl/N-ethyl adjacent to an activating group) is 1. The van der Waals surface area contributed by atoms with Crippen LogP contribution in [0.25, 0.3) is 0 Å². The van der Waals surface area contributed by atoms with Gasteiger partial charge in [-0.1, -0.05) is 12.1 Å². The van der Waals surface area contributed by atoms with Crippen molar-refractivity contribution in [3.63, 3.8) is 0 Å². The lowest BCUT2D eigenvalue weighted by atomic mass is 10.2. The summed E-state index contributed by atoms with van der Waals surface area (Å²) in [6, 6.07) is 8.36. The molecule has 0 fully saturated rings. The summed E-state index contributed by atoms with van der Waals surface area (Å²) < 4.78 is 5.16. The minimum Gasteiger partial charge on any atom is -0.481 e. The van der Waals surface area contributed by atoms with Crippen molar-refractivity contribution < 1.29 is 9.53 Å². The van der Waals surface area contributed by atoms with E-state index >= 15 is 0 Å². The molecule has 1 radical (unpaired) electrons. The topological polar surface area (TPSA) is 29.5 Å². The van der Waals surface area contributed by atoms with Crippen LogP contribution in [0.5, 0.6) is 5.75 Å². The summed E-state index contributed by atoms with van der Waals surface area (Å²) in [7, 11) is 1.73. The molecular formula is C9H8NO2. The Morgan fingerprint density at radius 1 is 1.67 bits per heavy atom. The molecule has 1 aliphatic rings. The molecule has 1 heterocycles. The maximum Gasteiger partial charge on any atom is 0.264 e. The number of benzene rings is 1. The number of rotatable bonds is 0. The normalized spacial score (nSPS) is 15.4. The van der Waals surface area contributed by atoms with Gasteiger partial charge in [0, 0.05) is 13.1 Å². The summed E-state index contributed by atoms with van der Waals surface area (Å²) in [5.74, 6) is 0.627. The van der Waals surface area contributed by atoms with Gasteiger partial charge in [-0.15, -0.1) is 0 Å². The maximum atomic E-state index is 11.1.